The van der Waals surface area contributed by atoms with Gasteiger partial charge in [0.2, 0.25) is 0 Å². The molecule has 2 atom stereocenters. The minimum Gasteiger partial charge on any atom is -0.403 e. The third-order valence-electron chi connectivity index (χ3n) is 5.24. The molecule has 5 heteroatoms. The lowest BCUT2D eigenvalue weighted by molar-refractivity contribution is 0.00578. The van der Waals surface area contributed by atoms with E-state index in [1.54, 1.807) is 11.3 Å². The van der Waals surface area contributed by atoms with Gasteiger partial charge in [-0.1, -0.05) is 6.07 Å². The number of rotatable bonds is 2. The summed E-state index contributed by atoms with van der Waals surface area (Å²) in [7, 11) is -0.0721. The van der Waals surface area contributed by atoms with Gasteiger partial charge >= 0.3 is 7.12 Å². The monoisotopic (exact) mass is 301 g/mol. The Labute approximate surface area is 129 Å². The molecule has 1 unspecified atom stereocenters. The average Bonchev–Trinajstić information content (AvgIpc) is 3.00. The van der Waals surface area contributed by atoms with Gasteiger partial charge in [0.25, 0.3) is 0 Å². The molecule has 21 heavy (non-hydrogen) atoms. The van der Waals surface area contributed by atoms with Gasteiger partial charge in [-0.2, -0.15) is 0 Å². The van der Waals surface area contributed by atoms with Gasteiger partial charge in [0.1, 0.15) is 0 Å². The maximum Gasteiger partial charge on any atom is 0.461 e. The van der Waals surface area contributed by atoms with Crippen LogP contribution in [-0.4, -0.2) is 23.3 Å². The minimum absolute atomic E-state index is 0.0721. The van der Waals surface area contributed by atoms with Crippen LogP contribution in [0.5, 0.6) is 0 Å². The van der Waals surface area contributed by atoms with Crippen LogP contribution in [0.2, 0.25) is 5.82 Å². The highest BCUT2D eigenvalue weighted by atomic mass is 32.1. The molecule has 0 N–H and O–H groups in total. The molecule has 1 saturated carbocycles. The van der Waals surface area contributed by atoms with E-state index in [9.17, 15) is 0 Å². The maximum atomic E-state index is 6.18. The second kappa shape index (κ2) is 4.31. The molecule has 2 fully saturated rings. The Morgan fingerprint density at radius 2 is 1.90 bits per heavy atom. The molecule has 2 aliphatic rings. The first-order chi connectivity index (χ1) is 9.87. The molecule has 1 aromatic carbocycles. The standard InChI is InChI=1S/C16H20BNO2S/c1-15(2)16(3,4)20-17(19-15)12-8-11(12)10-5-6-13-14(7-10)21-9-18-13/h5-7,9,11-12H,8H2,1-4H3/t11?,12-/m0/s1. The molecule has 2 heterocycles. The van der Waals surface area contributed by atoms with Crippen LogP contribution < -0.4 is 0 Å². The van der Waals surface area contributed by atoms with Crippen LogP contribution in [0, 0.1) is 0 Å². The molecule has 0 bridgehead atoms. The zero-order chi connectivity index (χ0) is 14.8. The van der Waals surface area contributed by atoms with E-state index < -0.39 is 0 Å². The van der Waals surface area contributed by atoms with Crippen molar-refractivity contribution in [1.82, 2.24) is 4.98 Å². The van der Waals surface area contributed by atoms with Crippen LogP contribution in [0.15, 0.2) is 23.7 Å². The second-order valence-corrected chi connectivity index (χ2v) is 8.10. The number of aromatic nitrogens is 1. The molecule has 1 aliphatic carbocycles. The van der Waals surface area contributed by atoms with Gasteiger partial charge in [0, 0.05) is 5.82 Å². The van der Waals surface area contributed by atoms with Crippen LogP contribution in [0.25, 0.3) is 10.2 Å². The fraction of sp³-hybridized carbons (Fsp3) is 0.562. The fourth-order valence-corrected chi connectivity index (χ4v) is 3.79. The van der Waals surface area contributed by atoms with E-state index in [1.165, 1.54) is 10.3 Å². The van der Waals surface area contributed by atoms with Crippen molar-refractivity contribution >= 4 is 28.7 Å². The van der Waals surface area contributed by atoms with E-state index in [1.807, 2.05) is 5.51 Å². The maximum absolute atomic E-state index is 6.18. The average molecular weight is 301 g/mol. The molecule has 110 valence electrons. The number of fused-ring (bicyclic) bond motifs is 1. The highest BCUT2D eigenvalue weighted by molar-refractivity contribution is 7.16. The number of hydrogen-bond acceptors (Lipinski definition) is 4. The van der Waals surface area contributed by atoms with Crippen molar-refractivity contribution in [1.29, 1.82) is 0 Å². The highest BCUT2D eigenvalue weighted by Crippen LogP contribution is 2.58. The Hall–Kier alpha value is -0.905. The second-order valence-electron chi connectivity index (χ2n) is 7.21. The van der Waals surface area contributed by atoms with E-state index in [4.69, 9.17) is 9.31 Å². The van der Waals surface area contributed by atoms with Gasteiger partial charge in [-0.15, -0.1) is 11.3 Å². The molecule has 2 aromatic rings. The summed E-state index contributed by atoms with van der Waals surface area (Å²) in [4.78, 5) is 4.34. The van der Waals surface area contributed by atoms with Crippen molar-refractivity contribution in [3.8, 4) is 0 Å². The SMILES string of the molecule is CC1(C)OB([C@H]2CC2c2ccc3ncsc3c2)OC1(C)C. The topological polar surface area (TPSA) is 31.4 Å². The lowest BCUT2D eigenvalue weighted by atomic mass is 9.79. The molecule has 4 rings (SSSR count). The van der Waals surface area contributed by atoms with Crippen LogP contribution in [0.1, 0.15) is 45.6 Å². The Morgan fingerprint density at radius 1 is 1.19 bits per heavy atom. The van der Waals surface area contributed by atoms with Crippen LogP contribution in [0.4, 0.5) is 0 Å². The summed E-state index contributed by atoms with van der Waals surface area (Å²) in [6.45, 7) is 8.48. The Balaban J connectivity index is 1.53. The molecule has 0 spiro atoms. The molecule has 3 nitrogen and oxygen atoms in total. The predicted molar refractivity (Wildman–Crippen MR) is 86.8 cm³/mol. The van der Waals surface area contributed by atoms with Crippen molar-refractivity contribution < 1.29 is 9.31 Å². The predicted octanol–water partition coefficient (Wildman–Crippen LogP) is 4.25. The van der Waals surface area contributed by atoms with Crippen molar-refractivity contribution in [2.24, 2.45) is 0 Å². The summed E-state index contributed by atoms with van der Waals surface area (Å²) in [5.41, 5.74) is 3.94. The van der Waals surface area contributed by atoms with Gasteiger partial charge in [-0.25, -0.2) is 4.98 Å². The third kappa shape index (κ3) is 2.14. The Morgan fingerprint density at radius 3 is 2.62 bits per heavy atom. The number of hydrogen-bond donors (Lipinski definition) is 0. The zero-order valence-corrected chi connectivity index (χ0v) is 13.7. The van der Waals surface area contributed by atoms with Crippen LogP contribution in [-0.2, 0) is 9.31 Å². The van der Waals surface area contributed by atoms with Gasteiger partial charge in [0.05, 0.1) is 26.9 Å². The number of nitrogens with zero attached hydrogens (tertiary/aromatic N) is 1. The van der Waals surface area contributed by atoms with E-state index in [-0.39, 0.29) is 18.3 Å². The lowest BCUT2D eigenvalue weighted by Gasteiger charge is -2.32. The zero-order valence-electron chi connectivity index (χ0n) is 12.9. The molecule has 0 radical (unpaired) electrons. The summed E-state index contributed by atoms with van der Waals surface area (Å²) < 4.78 is 13.6. The molecule has 1 aromatic heterocycles. The first kappa shape index (κ1) is 13.7. The molecule has 1 aliphatic heterocycles. The summed E-state index contributed by atoms with van der Waals surface area (Å²) in [5, 5.41) is 0. The number of thiazole rings is 1. The highest BCUT2D eigenvalue weighted by Gasteiger charge is 2.59. The molecular formula is C16H20BNO2S. The molecule has 1 saturated heterocycles. The van der Waals surface area contributed by atoms with E-state index in [0.717, 1.165) is 11.9 Å². The Bertz CT molecular complexity index is 680. The van der Waals surface area contributed by atoms with Gasteiger partial charge in [0.15, 0.2) is 0 Å². The van der Waals surface area contributed by atoms with Crippen molar-refractivity contribution in [2.45, 2.75) is 57.1 Å². The summed E-state index contributed by atoms with van der Waals surface area (Å²) in [6, 6.07) is 6.61. The van der Waals surface area contributed by atoms with Crippen LogP contribution >= 0.6 is 11.3 Å². The summed E-state index contributed by atoms with van der Waals surface area (Å²) >= 11 is 1.71. The third-order valence-corrected chi connectivity index (χ3v) is 6.04. The molecule has 0 amide bonds. The smallest absolute Gasteiger partial charge is 0.403 e. The fourth-order valence-electron chi connectivity index (χ4n) is 3.06. The summed E-state index contributed by atoms with van der Waals surface area (Å²) in [6.07, 6.45) is 1.15. The van der Waals surface area contributed by atoms with E-state index in [2.05, 4.69) is 50.9 Å². The van der Waals surface area contributed by atoms with Crippen molar-refractivity contribution in [3.05, 3.63) is 29.3 Å². The first-order valence-electron chi connectivity index (χ1n) is 7.56. The quantitative estimate of drug-likeness (QED) is 0.777. The van der Waals surface area contributed by atoms with E-state index in [0.29, 0.717) is 11.7 Å². The largest absolute Gasteiger partial charge is 0.461 e. The van der Waals surface area contributed by atoms with Crippen molar-refractivity contribution in [2.75, 3.05) is 0 Å². The van der Waals surface area contributed by atoms with Crippen LogP contribution in [0.3, 0.4) is 0 Å². The summed E-state index contributed by atoms with van der Waals surface area (Å²) in [5.74, 6) is 1.04. The van der Waals surface area contributed by atoms with Gasteiger partial charge in [-0.3, -0.25) is 0 Å². The minimum atomic E-state index is -0.230. The Kier molecular flexibility index (Phi) is 2.82. The van der Waals surface area contributed by atoms with Gasteiger partial charge in [-0.05, 0) is 57.7 Å². The van der Waals surface area contributed by atoms with E-state index >= 15 is 0 Å². The molecular weight excluding hydrogens is 281 g/mol. The van der Waals surface area contributed by atoms with Crippen molar-refractivity contribution in [3.63, 3.8) is 0 Å². The van der Waals surface area contributed by atoms with Gasteiger partial charge < -0.3 is 9.31 Å². The lowest BCUT2D eigenvalue weighted by Crippen LogP contribution is -2.41. The number of benzene rings is 1. The first-order valence-corrected chi connectivity index (χ1v) is 8.44. The normalized spacial score (nSPS) is 30.0.